The van der Waals surface area contributed by atoms with Gasteiger partial charge in [-0.3, -0.25) is 9.59 Å². The quantitative estimate of drug-likeness (QED) is 0.495. The van der Waals surface area contributed by atoms with E-state index < -0.39 is 11.9 Å². The van der Waals surface area contributed by atoms with Crippen LogP contribution >= 0.6 is 11.3 Å². The molecule has 0 saturated carbocycles. The van der Waals surface area contributed by atoms with E-state index in [1.165, 1.54) is 10.1 Å². The van der Waals surface area contributed by atoms with Crippen LogP contribution in [0.5, 0.6) is 0 Å². The van der Waals surface area contributed by atoms with Crippen LogP contribution in [0.1, 0.15) is 31.5 Å². The topological polar surface area (TPSA) is 114 Å². The fourth-order valence-electron chi connectivity index (χ4n) is 3.00. The zero-order chi connectivity index (χ0) is 21.1. The van der Waals surface area contributed by atoms with Crippen LogP contribution in [0.3, 0.4) is 0 Å². The Morgan fingerprint density at radius 3 is 2.43 bits per heavy atom. The fraction of sp³-hybridized carbons (Fsp3) is 0.0952. The van der Waals surface area contributed by atoms with Gasteiger partial charge < -0.3 is 10.4 Å². The molecule has 150 valence electrons. The average molecular weight is 420 g/mol. The van der Waals surface area contributed by atoms with Gasteiger partial charge in [0.05, 0.1) is 18.5 Å². The van der Waals surface area contributed by atoms with Gasteiger partial charge in [-0.2, -0.15) is 5.10 Å². The van der Waals surface area contributed by atoms with E-state index in [1.807, 2.05) is 30.3 Å². The average Bonchev–Trinajstić information content (AvgIpc) is 3.24. The monoisotopic (exact) mass is 420 g/mol. The lowest BCUT2D eigenvalue weighted by Crippen LogP contribution is -2.30. The van der Waals surface area contributed by atoms with Crippen LogP contribution in [0, 0.1) is 0 Å². The Kier molecular flexibility index (Phi) is 5.36. The SMILES string of the molecule is O=C(O)c1csc(CNC(=O)c2nn(Cc3ccccc3)c(=O)c3ccccc23)n1. The van der Waals surface area contributed by atoms with Crippen molar-refractivity contribution in [3.63, 3.8) is 0 Å². The van der Waals surface area contributed by atoms with Gasteiger partial charge >= 0.3 is 5.97 Å². The first kappa shape index (κ1) is 19.5. The van der Waals surface area contributed by atoms with Gasteiger partial charge in [0, 0.05) is 10.8 Å². The molecular weight excluding hydrogens is 404 g/mol. The van der Waals surface area contributed by atoms with E-state index >= 15 is 0 Å². The molecule has 0 aliphatic rings. The summed E-state index contributed by atoms with van der Waals surface area (Å²) in [7, 11) is 0. The smallest absolute Gasteiger partial charge is 0.355 e. The number of aromatic carboxylic acids is 1. The van der Waals surface area contributed by atoms with E-state index in [1.54, 1.807) is 24.3 Å². The molecule has 2 N–H and O–H groups in total. The summed E-state index contributed by atoms with van der Waals surface area (Å²) >= 11 is 1.14. The molecule has 0 fully saturated rings. The van der Waals surface area contributed by atoms with E-state index in [-0.39, 0.29) is 30.0 Å². The number of carbonyl (C=O) groups excluding carboxylic acids is 1. The minimum absolute atomic E-state index is 0.0601. The van der Waals surface area contributed by atoms with Gasteiger partial charge in [-0.1, -0.05) is 48.5 Å². The van der Waals surface area contributed by atoms with Gasteiger partial charge in [-0.05, 0) is 11.6 Å². The van der Waals surface area contributed by atoms with Crippen LogP contribution in [0.2, 0.25) is 0 Å². The maximum atomic E-state index is 12.9. The third kappa shape index (κ3) is 3.96. The summed E-state index contributed by atoms with van der Waals surface area (Å²) in [4.78, 5) is 40.6. The summed E-state index contributed by atoms with van der Waals surface area (Å²) in [5.41, 5.74) is 0.662. The van der Waals surface area contributed by atoms with Gasteiger partial charge in [0.15, 0.2) is 11.4 Å². The van der Waals surface area contributed by atoms with Crippen LogP contribution in [-0.4, -0.2) is 31.7 Å². The lowest BCUT2D eigenvalue weighted by Gasteiger charge is -2.11. The number of aromatic nitrogens is 3. The number of fused-ring (bicyclic) bond motifs is 1. The Morgan fingerprint density at radius 2 is 1.73 bits per heavy atom. The number of carboxylic acid groups (broad SMARTS) is 1. The standard InChI is InChI=1S/C21H16N4O4S/c26-19(22-10-17-23-16(12-30-17)21(28)29)18-14-8-4-5-9-15(14)20(27)25(24-18)11-13-6-2-1-3-7-13/h1-9,12H,10-11H2,(H,22,26)(H,28,29). The van der Waals surface area contributed by atoms with Crippen molar-refractivity contribution in [1.29, 1.82) is 0 Å². The summed E-state index contributed by atoms with van der Waals surface area (Å²) in [6.07, 6.45) is 0. The molecule has 2 heterocycles. The van der Waals surface area contributed by atoms with Crippen LogP contribution in [0.15, 0.2) is 64.8 Å². The minimum Gasteiger partial charge on any atom is -0.476 e. The van der Waals surface area contributed by atoms with Crippen molar-refractivity contribution >= 4 is 34.0 Å². The molecule has 0 radical (unpaired) electrons. The maximum Gasteiger partial charge on any atom is 0.355 e. The normalized spacial score (nSPS) is 10.8. The van der Waals surface area contributed by atoms with Gasteiger partial charge in [0.25, 0.3) is 11.5 Å². The second kappa shape index (κ2) is 8.26. The van der Waals surface area contributed by atoms with E-state index in [0.29, 0.717) is 15.8 Å². The summed E-state index contributed by atoms with van der Waals surface area (Å²) in [6, 6.07) is 16.2. The Hall–Kier alpha value is -3.85. The summed E-state index contributed by atoms with van der Waals surface area (Å²) in [6.45, 7) is 0.295. The number of carboxylic acids is 1. The Labute approximate surface area is 174 Å². The highest BCUT2D eigenvalue weighted by atomic mass is 32.1. The molecule has 0 unspecified atom stereocenters. The molecule has 4 aromatic rings. The Morgan fingerprint density at radius 1 is 1.03 bits per heavy atom. The van der Waals surface area contributed by atoms with Gasteiger partial charge in [0.1, 0.15) is 5.01 Å². The Balaban J connectivity index is 1.66. The zero-order valence-electron chi connectivity index (χ0n) is 15.6. The molecule has 0 spiro atoms. The first-order valence-electron chi connectivity index (χ1n) is 9.02. The second-order valence-electron chi connectivity index (χ2n) is 6.46. The predicted octanol–water partition coefficient (Wildman–Crippen LogP) is 2.53. The molecule has 0 saturated heterocycles. The first-order valence-corrected chi connectivity index (χ1v) is 9.90. The van der Waals surface area contributed by atoms with Crippen molar-refractivity contribution in [1.82, 2.24) is 20.1 Å². The van der Waals surface area contributed by atoms with Gasteiger partial charge in [0.2, 0.25) is 0 Å². The maximum absolute atomic E-state index is 12.9. The first-order chi connectivity index (χ1) is 14.5. The van der Waals surface area contributed by atoms with Gasteiger partial charge in [-0.15, -0.1) is 11.3 Å². The summed E-state index contributed by atoms with van der Waals surface area (Å²) < 4.78 is 1.28. The molecule has 0 aliphatic heterocycles. The lowest BCUT2D eigenvalue weighted by molar-refractivity contribution is 0.0691. The number of thiazole rings is 1. The molecule has 2 aromatic heterocycles. The highest BCUT2D eigenvalue weighted by Crippen LogP contribution is 2.15. The minimum atomic E-state index is -1.12. The zero-order valence-corrected chi connectivity index (χ0v) is 16.4. The molecule has 0 aliphatic carbocycles. The molecule has 2 aromatic carbocycles. The number of rotatable bonds is 6. The fourth-order valence-corrected chi connectivity index (χ4v) is 3.70. The highest BCUT2D eigenvalue weighted by molar-refractivity contribution is 7.09. The van der Waals surface area contributed by atoms with Crippen molar-refractivity contribution < 1.29 is 14.7 Å². The molecule has 30 heavy (non-hydrogen) atoms. The van der Waals surface area contributed by atoms with Crippen LogP contribution in [0.4, 0.5) is 0 Å². The van der Waals surface area contributed by atoms with Crippen molar-refractivity contribution in [2.24, 2.45) is 0 Å². The van der Waals surface area contributed by atoms with Crippen molar-refractivity contribution in [3.05, 3.63) is 92.3 Å². The number of nitrogens with zero attached hydrogens (tertiary/aromatic N) is 3. The number of nitrogens with one attached hydrogen (secondary N) is 1. The summed E-state index contributed by atoms with van der Waals surface area (Å²) in [5.74, 6) is -1.59. The number of amides is 1. The number of benzene rings is 2. The van der Waals surface area contributed by atoms with Crippen LogP contribution < -0.4 is 10.9 Å². The molecule has 1 amide bonds. The number of carbonyl (C=O) groups is 2. The van der Waals surface area contributed by atoms with E-state index in [2.05, 4.69) is 15.4 Å². The largest absolute Gasteiger partial charge is 0.476 e. The van der Waals surface area contributed by atoms with E-state index in [0.717, 1.165) is 16.9 Å². The van der Waals surface area contributed by atoms with E-state index in [4.69, 9.17) is 5.11 Å². The second-order valence-corrected chi connectivity index (χ2v) is 7.40. The molecule has 0 atom stereocenters. The molecular formula is C21H16N4O4S. The van der Waals surface area contributed by atoms with Crippen molar-refractivity contribution in [2.45, 2.75) is 13.1 Å². The molecule has 4 rings (SSSR count). The third-order valence-electron chi connectivity index (χ3n) is 4.43. The molecule has 0 bridgehead atoms. The third-order valence-corrected chi connectivity index (χ3v) is 5.28. The lowest BCUT2D eigenvalue weighted by atomic mass is 10.1. The summed E-state index contributed by atoms with van der Waals surface area (Å²) in [5, 5.41) is 18.7. The number of hydrogen-bond acceptors (Lipinski definition) is 6. The van der Waals surface area contributed by atoms with Crippen molar-refractivity contribution in [2.75, 3.05) is 0 Å². The number of hydrogen-bond donors (Lipinski definition) is 2. The Bertz CT molecular complexity index is 1300. The highest BCUT2D eigenvalue weighted by Gasteiger charge is 2.17. The van der Waals surface area contributed by atoms with Crippen LogP contribution in [0.25, 0.3) is 10.8 Å². The predicted molar refractivity (Wildman–Crippen MR) is 112 cm³/mol. The van der Waals surface area contributed by atoms with Crippen molar-refractivity contribution in [3.8, 4) is 0 Å². The van der Waals surface area contributed by atoms with Gasteiger partial charge in [-0.25, -0.2) is 14.5 Å². The molecule has 9 heteroatoms. The molecule has 8 nitrogen and oxygen atoms in total. The van der Waals surface area contributed by atoms with Crippen LogP contribution in [-0.2, 0) is 13.1 Å². The van der Waals surface area contributed by atoms with E-state index in [9.17, 15) is 14.4 Å².